The van der Waals surface area contributed by atoms with Crippen LogP contribution in [0.5, 0.6) is 0 Å². The van der Waals surface area contributed by atoms with E-state index < -0.39 is 95.9 Å². The Balaban J connectivity index is 1.03. The highest BCUT2D eigenvalue weighted by Crippen LogP contribution is 2.38. The van der Waals surface area contributed by atoms with Crippen molar-refractivity contribution in [1.82, 2.24) is 24.8 Å². The zero-order valence-electron chi connectivity index (χ0n) is 54.6. The van der Waals surface area contributed by atoms with Crippen molar-refractivity contribution in [2.45, 2.75) is 200 Å². The average Bonchev–Trinajstić information content (AvgIpc) is 1.22. The number of aryl methyl sites for hydroxylation is 1. The number of piperazine rings is 1. The summed E-state index contributed by atoms with van der Waals surface area (Å²) in [6, 6.07) is -1.20. The minimum absolute atomic E-state index is 0.00224. The van der Waals surface area contributed by atoms with Gasteiger partial charge in [0, 0.05) is 116 Å². The molecule has 0 spiro atoms. The zero-order chi connectivity index (χ0) is 65.4. The van der Waals surface area contributed by atoms with Gasteiger partial charge in [0.2, 0.25) is 17.7 Å². The predicted octanol–water partition coefficient (Wildman–Crippen LogP) is 7.47. The van der Waals surface area contributed by atoms with E-state index in [0.29, 0.717) is 120 Å². The highest BCUT2D eigenvalue weighted by molar-refractivity contribution is 6.39. The van der Waals surface area contributed by atoms with Gasteiger partial charge in [-0.1, -0.05) is 71.1 Å². The number of esters is 2. The molecule has 2 N–H and O–H groups in total. The molecule has 90 heavy (non-hydrogen) atoms. The molecule has 6 heterocycles. The second-order valence-corrected chi connectivity index (χ2v) is 25.7. The summed E-state index contributed by atoms with van der Waals surface area (Å²) in [6.45, 7) is 16.7. The Morgan fingerprint density at radius 2 is 1.43 bits per heavy atom. The molecule has 0 unspecified atom stereocenters. The van der Waals surface area contributed by atoms with Gasteiger partial charge in [0.1, 0.15) is 36.2 Å². The van der Waals surface area contributed by atoms with Crippen LogP contribution in [0.2, 0.25) is 0 Å². The number of aromatic nitrogens is 4. The zero-order valence-corrected chi connectivity index (χ0v) is 54.6. The second kappa shape index (κ2) is 33.2. The first kappa shape index (κ1) is 71.0. The molecule has 4 fully saturated rings. The molecule has 15 atom stereocenters. The Bertz CT molecular complexity index is 2910. The number of allylic oxidation sites excluding steroid dienone is 6. The lowest BCUT2D eigenvalue weighted by atomic mass is 9.78. The lowest BCUT2D eigenvalue weighted by Gasteiger charge is -2.42. The summed E-state index contributed by atoms with van der Waals surface area (Å²) in [6.07, 6.45) is 17.3. The van der Waals surface area contributed by atoms with Crippen LogP contribution in [0.25, 0.3) is 0 Å². The molecular formula is C68H97N7O15. The number of Topliss-reactive ketones (excluding diaryl/α,β-unsaturated/α-hetero) is 4. The van der Waals surface area contributed by atoms with Crippen LogP contribution in [0.15, 0.2) is 72.4 Å². The SMILES string of the molecule is CO[C@H]1C[C@@H]2CC[C@@H](C)[C@@](O)(O2)C(=O)C(=O)N2CCCC[C@H]2C(=O)O[C@H]([C@H](C)C[C@@H]2CC[C@@H](OC(=O)CCc3cnc(N4CCN(c5ncc(C(C)=O)cn5)CC4)nc3)[C@H](OC)C2)CC(=O)[C@H](C)/C=C(\C)[C@@H](O)[C@@H](OC)C(=O)[C@H](C)C[C@H](C)/C=C/C=C/C=C/1C. The van der Waals surface area contributed by atoms with Gasteiger partial charge in [-0.3, -0.25) is 28.8 Å². The van der Waals surface area contributed by atoms with Gasteiger partial charge in [0.25, 0.3) is 11.7 Å². The normalized spacial score (nSPS) is 33.4. The van der Waals surface area contributed by atoms with Crippen molar-refractivity contribution in [3.8, 4) is 0 Å². The quantitative estimate of drug-likeness (QED) is 0.0851. The molecule has 0 radical (unpaired) electrons. The number of carbonyl (C=O) groups excluding carboxylic acids is 7. The molecule has 494 valence electrons. The minimum Gasteiger partial charge on any atom is -0.460 e. The number of carbonyl (C=O) groups is 7. The van der Waals surface area contributed by atoms with Gasteiger partial charge in [-0.15, -0.1) is 0 Å². The number of hydrogen-bond donors (Lipinski definition) is 2. The molecule has 2 aromatic heterocycles. The van der Waals surface area contributed by atoms with Gasteiger partial charge in [0.15, 0.2) is 11.6 Å². The van der Waals surface area contributed by atoms with Crippen LogP contribution < -0.4 is 9.80 Å². The van der Waals surface area contributed by atoms with Gasteiger partial charge in [-0.25, -0.2) is 24.7 Å². The average molecular weight is 1250 g/mol. The van der Waals surface area contributed by atoms with Crippen LogP contribution in [0.1, 0.15) is 155 Å². The Hall–Kier alpha value is -6.43. The van der Waals surface area contributed by atoms with Crippen LogP contribution in [-0.4, -0.2) is 185 Å². The summed E-state index contributed by atoms with van der Waals surface area (Å²) in [5.41, 5.74) is 2.46. The molecule has 2 bridgehead atoms. The maximum absolute atomic E-state index is 14.7. The van der Waals surface area contributed by atoms with E-state index in [1.54, 1.807) is 65.9 Å². The first-order valence-corrected chi connectivity index (χ1v) is 32.3. The maximum atomic E-state index is 14.7. The number of anilines is 2. The lowest BCUT2D eigenvalue weighted by molar-refractivity contribution is -0.265. The lowest BCUT2D eigenvalue weighted by Crippen LogP contribution is -2.61. The molecule has 1 aliphatic carbocycles. The van der Waals surface area contributed by atoms with Gasteiger partial charge in [-0.2, -0.15) is 0 Å². The highest BCUT2D eigenvalue weighted by atomic mass is 16.6. The monoisotopic (exact) mass is 1250 g/mol. The fourth-order valence-corrected chi connectivity index (χ4v) is 13.1. The first-order chi connectivity index (χ1) is 42.9. The van der Waals surface area contributed by atoms with Gasteiger partial charge in [-0.05, 0) is 126 Å². The maximum Gasteiger partial charge on any atom is 0.329 e. The molecule has 1 saturated carbocycles. The first-order valence-electron chi connectivity index (χ1n) is 32.3. The molecule has 3 saturated heterocycles. The Morgan fingerprint density at radius 1 is 0.767 bits per heavy atom. The second-order valence-electron chi connectivity index (χ2n) is 25.7. The number of aliphatic hydroxyl groups excluding tert-OH is 1. The fourth-order valence-electron chi connectivity index (χ4n) is 13.1. The van der Waals surface area contributed by atoms with E-state index in [9.17, 15) is 43.8 Å². The van der Waals surface area contributed by atoms with Crippen molar-refractivity contribution in [3.63, 3.8) is 0 Å². The number of cyclic esters (lactones) is 1. The van der Waals surface area contributed by atoms with Crippen LogP contribution in [0.3, 0.4) is 0 Å². The Kier molecular flexibility index (Phi) is 26.2. The molecule has 0 aromatic carbocycles. The summed E-state index contributed by atoms with van der Waals surface area (Å²) in [5.74, 6) is -7.86. The standard InChI is InChI=1S/C68H97N7O15/c1-41-17-13-12-14-18-42(2)56(85-9)35-52-23-20-47(7)68(84,90-52)63(81)64(82)75-26-16-15-19-53(75)65(83)89-57(36-54(77)43(3)32-46(6)61(80)62(87-11)60(79)45(5)31-41)44(4)33-49-21-24-55(58(34-49)86-10)88-59(78)25-22-50-37-69-66(70-38-50)73-27-29-74(30-28-73)67-71-39-51(40-72-67)48(8)76/h12-14,17-18,32,37-41,43-45,47,49,52-53,55-58,61-62,80,84H,15-16,19-31,33-36H2,1-11H3/b14-12+,17-13+,42-18+,46-32+/t41-,43-,44-,45-,47-,49+,52+,53+,55-,56+,57+,58-,61-,62+,68-/m1/s1. The number of nitrogens with zero attached hydrogens (tertiary/aromatic N) is 7. The van der Waals surface area contributed by atoms with E-state index in [0.717, 1.165) is 11.1 Å². The van der Waals surface area contributed by atoms with Crippen molar-refractivity contribution >= 4 is 52.9 Å². The smallest absolute Gasteiger partial charge is 0.329 e. The van der Waals surface area contributed by atoms with Gasteiger partial charge in [0.05, 0.1) is 23.9 Å². The molecule has 7 rings (SSSR count). The molecule has 1 amide bonds. The van der Waals surface area contributed by atoms with Crippen molar-refractivity contribution in [1.29, 1.82) is 0 Å². The minimum atomic E-state index is -2.47. The summed E-state index contributed by atoms with van der Waals surface area (Å²) < 4.78 is 36.1. The molecular weight excluding hydrogens is 1150 g/mol. The predicted molar refractivity (Wildman–Crippen MR) is 336 cm³/mol. The van der Waals surface area contributed by atoms with Gasteiger partial charge >= 0.3 is 11.9 Å². The van der Waals surface area contributed by atoms with E-state index in [4.69, 9.17) is 28.4 Å². The molecule has 4 aliphatic heterocycles. The fraction of sp³-hybridized carbons (Fsp3) is 0.662. The topological polar surface area (TPSA) is 277 Å². The third kappa shape index (κ3) is 18.6. The van der Waals surface area contributed by atoms with Crippen molar-refractivity contribution in [3.05, 3.63) is 83.5 Å². The number of hydrogen-bond acceptors (Lipinski definition) is 21. The van der Waals surface area contributed by atoms with Crippen LogP contribution in [0.4, 0.5) is 11.9 Å². The number of piperidine rings is 1. The van der Waals surface area contributed by atoms with E-state index in [1.807, 2.05) is 63.0 Å². The van der Waals surface area contributed by atoms with Crippen molar-refractivity contribution in [2.24, 2.45) is 35.5 Å². The largest absolute Gasteiger partial charge is 0.460 e. The number of aliphatic hydroxyl groups is 2. The summed E-state index contributed by atoms with van der Waals surface area (Å²) in [7, 11) is 4.52. The van der Waals surface area contributed by atoms with Crippen LogP contribution in [0, 0.1) is 35.5 Å². The number of ketones is 4. The number of rotatable bonds is 13. The Morgan fingerprint density at radius 3 is 2.07 bits per heavy atom. The van der Waals surface area contributed by atoms with Crippen molar-refractivity contribution < 1.29 is 72.2 Å². The third-order valence-corrected chi connectivity index (χ3v) is 18.9. The third-order valence-electron chi connectivity index (χ3n) is 18.9. The van der Waals surface area contributed by atoms with E-state index in [2.05, 4.69) is 24.8 Å². The molecule has 5 aliphatic rings. The van der Waals surface area contributed by atoms with E-state index in [-0.39, 0.29) is 61.0 Å². The van der Waals surface area contributed by atoms with Crippen molar-refractivity contribution in [2.75, 3.05) is 63.9 Å². The summed E-state index contributed by atoms with van der Waals surface area (Å²) in [5, 5.41) is 23.7. The van der Waals surface area contributed by atoms with E-state index >= 15 is 0 Å². The van der Waals surface area contributed by atoms with E-state index in [1.165, 1.54) is 18.9 Å². The summed E-state index contributed by atoms with van der Waals surface area (Å²) >= 11 is 0. The number of amides is 1. The summed E-state index contributed by atoms with van der Waals surface area (Å²) in [4.78, 5) is 120. The molecule has 22 nitrogen and oxygen atoms in total. The highest BCUT2D eigenvalue weighted by Gasteiger charge is 2.53. The number of fused-ring (bicyclic) bond motifs is 3. The number of methoxy groups -OCH3 is 3. The molecule has 22 heteroatoms. The van der Waals surface area contributed by atoms with Crippen LogP contribution in [-0.2, 0) is 63.6 Å². The van der Waals surface area contributed by atoms with Crippen LogP contribution >= 0.6 is 0 Å². The van der Waals surface area contributed by atoms with Gasteiger partial charge < -0.3 is 53.3 Å². The Labute approximate surface area is 530 Å². The molecule has 2 aromatic rings. The number of ether oxygens (including phenoxy) is 6.